The average molecular weight is 444 g/mol. The zero-order chi connectivity index (χ0) is 22.6. The van der Waals surface area contributed by atoms with Crippen molar-refractivity contribution in [2.45, 2.75) is 31.6 Å². The van der Waals surface area contributed by atoms with Crippen molar-refractivity contribution in [3.05, 3.63) is 65.6 Å². The Morgan fingerprint density at radius 3 is 2.75 bits per heavy atom. The Hall–Kier alpha value is -3.40. The number of aromatic nitrogens is 3. The van der Waals surface area contributed by atoms with E-state index in [1.165, 1.54) is 12.3 Å². The lowest BCUT2D eigenvalue weighted by atomic mass is 10.1. The molecular formula is C22H23F3N6O. The Kier molecular flexibility index (Phi) is 6.40. The van der Waals surface area contributed by atoms with Crippen LogP contribution in [-0.4, -0.2) is 40.0 Å². The fraction of sp³-hybridized carbons (Fsp3) is 0.318. The van der Waals surface area contributed by atoms with Crippen molar-refractivity contribution in [2.24, 2.45) is 0 Å². The molecule has 1 aliphatic heterocycles. The Labute approximate surface area is 182 Å². The molecule has 3 heterocycles. The van der Waals surface area contributed by atoms with Gasteiger partial charge in [0.1, 0.15) is 11.3 Å². The van der Waals surface area contributed by atoms with Crippen molar-refractivity contribution in [1.82, 2.24) is 25.6 Å². The second-order valence-electron chi connectivity index (χ2n) is 7.61. The van der Waals surface area contributed by atoms with Crippen LogP contribution in [0.2, 0.25) is 0 Å². The molecular weight excluding hydrogens is 421 g/mol. The average Bonchev–Trinajstić information content (AvgIpc) is 3.28. The molecule has 7 nitrogen and oxygen atoms in total. The molecule has 0 unspecified atom stereocenters. The van der Waals surface area contributed by atoms with E-state index in [4.69, 9.17) is 0 Å². The van der Waals surface area contributed by atoms with Crippen LogP contribution >= 0.6 is 0 Å². The van der Waals surface area contributed by atoms with E-state index in [0.717, 1.165) is 31.1 Å². The van der Waals surface area contributed by atoms with Gasteiger partial charge in [-0.05, 0) is 31.0 Å². The second kappa shape index (κ2) is 9.39. The molecule has 1 aromatic carbocycles. The summed E-state index contributed by atoms with van der Waals surface area (Å²) in [6.45, 7) is 1.91. The van der Waals surface area contributed by atoms with E-state index >= 15 is 0 Å². The third kappa shape index (κ3) is 5.25. The van der Waals surface area contributed by atoms with Crippen LogP contribution in [0.15, 0.2) is 48.8 Å². The SMILES string of the molecule is O=C(NCc1ccccc1)c1cc(-c2nc(N[C@H]3CCCNC3)ncc2C(F)(F)F)c[nH]1. The lowest BCUT2D eigenvalue weighted by Gasteiger charge is -2.24. The van der Waals surface area contributed by atoms with Crippen LogP contribution < -0.4 is 16.0 Å². The topological polar surface area (TPSA) is 94.7 Å². The van der Waals surface area contributed by atoms with Crippen LogP contribution in [0, 0.1) is 0 Å². The minimum Gasteiger partial charge on any atom is -0.357 e. The van der Waals surface area contributed by atoms with Crippen LogP contribution in [0.5, 0.6) is 0 Å². The van der Waals surface area contributed by atoms with E-state index in [-0.39, 0.29) is 28.9 Å². The maximum Gasteiger partial charge on any atom is 0.419 e. The lowest BCUT2D eigenvalue weighted by Crippen LogP contribution is -2.38. The number of hydrogen-bond donors (Lipinski definition) is 4. The third-order valence-electron chi connectivity index (χ3n) is 5.22. The number of anilines is 1. The number of alkyl halides is 3. The fourth-order valence-electron chi connectivity index (χ4n) is 3.57. The standard InChI is InChI=1S/C22H23F3N6O/c23-22(24,25)17-13-29-21(30-16-7-4-8-26-12-16)31-19(17)15-9-18(27-11-15)20(32)28-10-14-5-2-1-3-6-14/h1-3,5-6,9,11,13,16,26-27H,4,7-8,10,12H2,(H,28,32)(H,29,30,31)/t16-/m0/s1. The molecule has 4 rings (SSSR count). The van der Waals surface area contributed by atoms with Gasteiger partial charge in [-0.1, -0.05) is 30.3 Å². The minimum atomic E-state index is -4.63. The molecule has 1 atom stereocenters. The van der Waals surface area contributed by atoms with E-state index in [9.17, 15) is 18.0 Å². The first kappa shape index (κ1) is 21.8. The molecule has 2 aromatic heterocycles. The lowest BCUT2D eigenvalue weighted by molar-refractivity contribution is -0.137. The highest BCUT2D eigenvalue weighted by Gasteiger charge is 2.36. The van der Waals surface area contributed by atoms with E-state index < -0.39 is 17.6 Å². The number of halogens is 3. The summed E-state index contributed by atoms with van der Waals surface area (Å²) in [6, 6.07) is 10.7. The smallest absolute Gasteiger partial charge is 0.357 e. The number of H-pyrrole nitrogens is 1. The van der Waals surface area contributed by atoms with Crippen molar-refractivity contribution >= 4 is 11.9 Å². The van der Waals surface area contributed by atoms with Gasteiger partial charge in [0.25, 0.3) is 5.91 Å². The summed E-state index contributed by atoms with van der Waals surface area (Å²) in [5.41, 5.74) is -0.0176. The number of piperidine rings is 1. The van der Waals surface area contributed by atoms with E-state index in [2.05, 4.69) is 30.9 Å². The molecule has 0 bridgehead atoms. The van der Waals surface area contributed by atoms with Crippen molar-refractivity contribution < 1.29 is 18.0 Å². The quantitative estimate of drug-likeness (QED) is 0.466. The summed E-state index contributed by atoms with van der Waals surface area (Å²) in [4.78, 5) is 23.2. The molecule has 1 fully saturated rings. The first-order chi connectivity index (χ1) is 15.4. The molecule has 1 aliphatic rings. The van der Waals surface area contributed by atoms with Gasteiger partial charge in [-0.2, -0.15) is 13.2 Å². The monoisotopic (exact) mass is 444 g/mol. The van der Waals surface area contributed by atoms with Gasteiger partial charge in [0, 0.05) is 37.1 Å². The maximum absolute atomic E-state index is 13.6. The molecule has 0 aliphatic carbocycles. The Balaban J connectivity index is 1.55. The third-order valence-corrected chi connectivity index (χ3v) is 5.22. The summed E-state index contributed by atoms with van der Waals surface area (Å²) in [7, 11) is 0. The minimum absolute atomic E-state index is 0.0406. The Morgan fingerprint density at radius 1 is 1.22 bits per heavy atom. The van der Waals surface area contributed by atoms with Gasteiger partial charge < -0.3 is 20.9 Å². The van der Waals surface area contributed by atoms with Crippen molar-refractivity contribution in [3.8, 4) is 11.3 Å². The number of carbonyl (C=O) groups is 1. The highest BCUT2D eigenvalue weighted by Crippen LogP contribution is 2.36. The van der Waals surface area contributed by atoms with Gasteiger partial charge in [0.15, 0.2) is 0 Å². The van der Waals surface area contributed by atoms with Crippen molar-refractivity contribution in [3.63, 3.8) is 0 Å². The first-order valence-electron chi connectivity index (χ1n) is 10.3. The molecule has 1 amide bonds. The number of benzene rings is 1. The molecule has 168 valence electrons. The Morgan fingerprint density at radius 2 is 2.03 bits per heavy atom. The van der Waals surface area contributed by atoms with Crippen LogP contribution in [0.1, 0.15) is 34.5 Å². The van der Waals surface area contributed by atoms with Gasteiger partial charge in [-0.25, -0.2) is 9.97 Å². The molecule has 3 aromatic rings. The highest BCUT2D eigenvalue weighted by molar-refractivity contribution is 5.93. The molecule has 10 heteroatoms. The zero-order valence-corrected chi connectivity index (χ0v) is 17.2. The number of hydrogen-bond acceptors (Lipinski definition) is 5. The summed E-state index contributed by atoms with van der Waals surface area (Å²) in [5, 5.41) is 9.07. The van der Waals surface area contributed by atoms with Crippen LogP contribution in [0.4, 0.5) is 19.1 Å². The predicted octanol–water partition coefficient (Wildman–Crippen LogP) is 3.58. The largest absolute Gasteiger partial charge is 0.419 e. The number of amides is 1. The van der Waals surface area contributed by atoms with Gasteiger partial charge in [-0.3, -0.25) is 4.79 Å². The Bertz CT molecular complexity index is 1060. The van der Waals surface area contributed by atoms with Gasteiger partial charge in [0.05, 0.1) is 5.69 Å². The maximum atomic E-state index is 13.6. The zero-order valence-electron chi connectivity index (χ0n) is 17.2. The second-order valence-corrected chi connectivity index (χ2v) is 7.61. The van der Waals surface area contributed by atoms with E-state index in [1.807, 2.05) is 30.3 Å². The van der Waals surface area contributed by atoms with Gasteiger partial charge >= 0.3 is 6.18 Å². The number of nitrogens with zero attached hydrogens (tertiary/aromatic N) is 2. The first-order valence-corrected chi connectivity index (χ1v) is 10.3. The predicted molar refractivity (Wildman–Crippen MR) is 114 cm³/mol. The summed E-state index contributed by atoms with van der Waals surface area (Å²) in [5.74, 6) is -0.299. The van der Waals surface area contributed by atoms with Crippen LogP contribution in [-0.2, 0) is 12.7 Å². The molecule has 4 N–H and O–H groups in total. The fourth-order valence-corrected chi connectivity index (χ4v) is 3.57. The summed E-state index contributed by atoms with van der Waals surface area (Å²) >= 11 is 0. The van der Waals surface area contributed by atoms with Crippen LogP contribution in [0.3, 0.4) is 0 Å². The van der Waals surface area contributed by atoms with Crippen LogP contribution in [0.25, 0.3) is 11.3 Å². The molecule has 0 spiro atoms. The molecule has 0 saturated carbocycles. The summed E-state index contributed by atoms with van der Waals surface area (Å²) < 4.78 is 40.8. The van der Waals surface area contributed by atoms with E-state index in [0.29, 0.717) is 13.1 Å². The number of carbonyl (C=O) groups excluding carboxylic acids is 1. The normalized spacial score (nSPS) is 16.5. The highest BCUT2D eigenvalue weighted by atomic mass is 19.4. The number of nitrogens with one attached hydrogen (secondary N) is 4. The van der Waals surface area contributed by atoms with Gasteiger partial charge in [-0.15, -0.1) is 0 Å². The molecule has 0 radical (unpaired) electrons. The molecule has 1 saturated heterocycles. The van der Waals surface area contributed by atoms with Crippen molar-refractivity contribution in [2.75, 3.05) is 18.4 Å². The summed E-state index contributed by atoms with van der Waals surface area (Å²) in [6.07, 6.45) is -0.662. The number of aromatic amines is 1. The van der Waals surface area contributed by atoms with E-state index in [1.54, 1.807) is 0 Å². The van der Waals surface area contributed by atoms with Gasteiger partial charge in [0.2, 0.25) is 5.95 Å². The number of rotatable bonds is 6. The molecule has 32 heavy (non-hydrogen) atoms. The van der Waals surface area contributed by atoms with Crippen molar-refractivity contribution in [1.29, 1.82) is 0 Å².